The van der Waals surface area contributed by atoms with E-state index >= 15 is 0 Å². The van der Waals surface area contributed by atoms with E-state index in [-0.39, 0.29) is 24.2 Å². The summed E-state index contributed by atoms with van der Waals surface area (Å²) in [5, 5.41) is 0. The van der Waals surface area contributed by atoms with Crippen LogP contribution in [0.25, 0.3) is 0 Å². The maximum atomic E-state index is 13.6. The van der Waals surface area contributed by atoms with Gasteiger partial charge in [0, 0.05) is 5.92 Å². The van der Waals surface area contributed by atoms with Crippen LogP contribution in [-0.4, -0.2) is 18.4 Å². The quantitative estimate of drug-likeness (QED) is 0.613. The first-order chi connectivity index (χ1) is 11.1. The van der Waals surface area contributed by atoms with E-state index in [1.165, 1.54) is 0 Å². The van der Waals surface area contributed by atoms with Crippen LogP contribution in [0.4, 0.5) is 8.78 Å². The van der Waals surface area contributed by atoms with Crippen LogP contribution in [0.15, 0.2) is 18.2 Å². The summed E-state index contributed by atoms with van der Waals surface area (Å²) < 4.78 is 31.7. The molecule has 0 amide bonds. The van der Waals surface area contributed by atoms with Crippen LogP contribution in [0.5, 0.6) is 0 Å². The van der Waals surface area contributed by atoms with Crippen LogP contribution in [-0.2, 0) is 25.2 Å². The fraction of sp³-hybridized carbons (Fsp3) is 0.579. The maximum Gasteiger partial charge on any atom is 0.314 e. The molecule has 1 aromatic rings. The van der Waals surface area contributed by atoms with Crippen molar-refractivity contribution < 1.29 is 23.1 Å². The summed E-state index contributed by atoms with van der Waals surface area (Å²) in [4.78, 5) is 23.2. The molecule has 0 N–H and O–H groups in total. The normalized spacial score (nSPS) is 21.1. The highest BCUT2D eigenvalue weighted by Crippen LogP contribution is 2.53. The van der Waals surface area contributed by atoms with Gasteiger partial charge < -0.3 is 4.74 Å². The molecule has 0 unspecified atom stereocenters. The summed E-state index contributed by atoms with van der Waals surface area (Å²) in [7, 11) is 0. The van der Waals surface area contributed by atoms with Crippen LogP contribution in [0, 0.1) is 0 Å². The van der Waals surface area contributed by atoms with Crippen LogP contribution >= 0.6 is 0 Å². The Labute approximate surface area is 140 Å². The predicted molar refractivity (Wildman–Crippen MR) is 85.1 cm³/mol. The van der Waals surface area contributed by atoms with Gasteiger partial charge in [-0.25, -0.2) is 8.78 Å². The van der Waals surface area contributed by atoms with Gasteiger partial charge in [-0.15, -0.1) is 0 Å². The number of carbonyl (C=O) groups is 2. The molecule has 0 atom stereocenters. The van der Waals surface area contributed by atoms with Crippen molar-refractivity contribution in [2.75, 3.05) is 0 Å². The highest BCUT2D eigenvalue weighted by atomic mass is 19.3. The number of ether oxygens (including phenoxy) is 1. The monoisotopic (exact) mass is 336 g/mol. The topological polar surface area (TPSA) is 43.4 Å². The molecule has 1 aliphatic heterocycles. The molecular weight excluding hydrogens is 314 g/mol. The van der Waals surface area contributed by atoms with Gasteiger partial charge in [-0.3, -0.25) is 9.59 Å². The second-order valence-electron chi connectivity index (χ2n) is 8.00. The van der Waals surface area contributed by atoms with Gasteiger partial charge in [-0.05, 0) is 34.9 Å². The second-order valence-corrected chi connectivity index (χ2v) is 8.00. The lowest BCUT2D eigenvalue weighted by molar-refractivity contribution is -0.163. The minimum atomic E-state index is -2.40. The first-order valence-corrected chi connectivity index (χ1v) is 8.29. The number of cyclic esters (lactones) is 2. The van der Waals surface area contributed by atoms with Crippen molar-refractivity contribution >= 4 is 11.9 Å². The summed E-state index contributed by atoms with van der Waals surface area (Å²) in [5.74, 6) is -1.39. The van der Waals surface area contributed by atoms with E-state index in [0.29, 0.717) is 18.4 Å². The van der Waals surface area contributed by atoms with E-state index < -0.39 is 23.8 Å². The Kier molecular flexibility index (Phi) is 4.01. The molecule has 0 bridgehead atoms. The van der Waals surface area contributed by atoms with Gasteiger partial charge in [0.15, 0.2) is 0 Å². The molecule has 2 fully saturated rings. The average molecular weight is 336 g/mol. The lowest BCUT2D eigenvalue weighted by Crippen LogP contribution is -2.25. The Bertz CT molecular complexity index is 668. The summed E-state index contributed by atoms with van der Waals surface area (Å²) in [6.07, 6.45) is -1.23. The zero-order valence-electron chi connectivity index (χ0n) is 14.2. The Balaban J connectivity index is 2.06. The minimum Gasteiger partial charge on any atom is -0.393 e. The fourth-order valence-electron chi connectivity index (χ4n) is 3.30. The van der Waals surface area contributed by atoms with Crippen LogP contribution in [0.1, 0.15) is 69.1 Å². The van der Waals surface area contributed by atoms with Crippen LogP contribution in [0.3, 0.4) is 0 Å². The second kappa shape index (κ2) is 5.64. The van der Waals surface area contributed by atoms with E-state index in [0.717, 1.165) is 11.1 Å². The van der Waals surface area contributed by atoms with Crippen molar-refractivity contribution in [3.05, 3.63) is 34.9 Å². The third kappa shape index (κ3) is 3.08. The molecule has 0 aromatic heterocycles. The molecule has 3 rings (SSSR count). The van der Waals surface area contributed by atoms with Gasteiger partial charge in [0.1, 0.15) is 0 Å². The van der Waals surface area contributed by atoms with Crippen molar-refractivity contribution in [1.82, 2.24) is 0 Å². The molecular formula is C19H22F2O3. The lowest BCUT2D eigenvalue weighted by atomic mass is 9.79. The third-order valence-corrected chi connectivity index (χ3v) is 5.13. The predicted octanol–water partition coefficient (Wildman–Crippen LogP) is 4.23. The number of hydrogen-bond acceptors (Lipinski definition) is 3. The number of carbonyl (C=O) groups excluding carboxylic acids is 2. The molecule has 1 saturated heterocycles. The van der Waals surface area contributed by atoms with Crippen molar-refractivity contribution in [2.45, 2.75) is 69.6 Å². The molecule has 1 aliphatic carbocycles. The number of esters is 2. The summed E-state index contributed by atoms with van der Waals surface area (Å²) in [6, 6.07) is 5.58. The molecule has 0 radical (unpaired) electrons. The molecule has 1 heterocycles. The summed E-state index contributed by atoms with van der Waals surface area (Å²) in [6.45, 7) is 6.08. The van der Waals surface area contributed by atoms with Crippen molar-refractivity contribution in [2.24, 2.45) is 0 Å². The molecule has 3 nitrogen and oxygen atoms in total. The number of alkyl halides is 2. The highest BCUT2D eigenvalue weighted by molar-refractivity contribution is 5.89. The zero-order valence-corrected chi connectivity index (χ0v) is 14.2. The number of halogens is 2. The summed E-state index contributed by atoms with van der Waals surface area (Å²) in [5.41, 5.74) is 1.10. The van der Waals surface area contributed by atoms with Crippen LogP contribution in [0.2, 0.25) is 0 Å². The number of hydrogen-bond donors (Lipinski definition) is 0. The summed E-state index contributed by atoms with van der Waals surface area (Å²) >= 11 is 0. The standard InChI is InChI=1S/C19H22F2O3/c1-18(2,3)13-6-11(12-8-15(22)24-16(23)9-12)7-14(10-13)19(4-5-19)17(20)21/h6-7,10,12,17H,4-5,8-9H2,1-3H3. The smallest absolute Gasteiger partial charge is 0.314 e. The van der Waals surface area contributed by atoms with Crippen molar-refractivity contribution in [1.29, 1.82) is 0 Å². The van der Waals surface area contributed by atoms with Gasteiger partial charge >= 0.3 is 11.9 Å². The van der Waals surface area contributed by atoms with Gasteiger partial charge in [0.2, 0.25) is 6.43 Å². The van der Waals surface area contributed by atoms with Gasteiger partial charge in [0.05, 0.1) is 18.3 Å². The Hall–Kier alpha value is -1.78. The number of benzene rings is 1. The largest absolute Gasteiger partial charge is 0.393 e. The van der Waals surface area contributed by atoms with Gasteiger partial charge in [0.25, 0.3) is 0 Å². The van der Waals surface area contributed by atoms with E-state index in [4.69, 9.17) is 0 Å². The fourth-order valence-corrected chi connectivity index (χ4v) is 3.30. The average Bonchev–Trinajstić information content (AvgIpc) is 3.26. The molecule has 24 heavy (non-hydrogen) atoms. The maximum absolute atomic E-state index is 13.6. The highest BCUT2D eigenvalue weighted by Gasteiger charge is 2.52. The molecule has 1 aromatic carbocycles. The van der Waals surface area contributed by atoms with Gasteiger partial charge in [-0.1, -0.05) is 39.0 Å². The molecule has 130 valence electrons. The third-order valence-electron chi connectivity index (χ3n) is 5.13. The van der Waals surface area contributed by atoms with Crippen LogP contribution < -0.4 is 0 Å². The minimum absolute atomic E-state index is 0.112. The molecule has 1 saturated carbocycles. The van der Waals surface area contributed by atoms with E-state index in [9.17, 15) is 18.4 Å². The molecule has 5 heteroatoms. The SMILES string of the molecule is CC(C)(C)c1cc(C2CC(=O)OC(=O)C2)cc(C2(C(F)F)CC2)c1. The first-order valence-electron chi connectivity index (χ1n) is 8.29. The first kappa shape index (κ1) is 17.1. The van der Waals surface area contributed by atoms with E-state index in [2.05, 4.69) is 4.74 Å². The lowest BCUT2D eigenvalue weighted by Gasteiger charge is -2.27. The Morgan fingerprint density at radius 1 is 1.08 bits per heavy atom. The Morgan fingerprint density at radius 2 is 1.67 bits per heavy atom. The number of rotatable bonds is 3. The zero-order chi connectivity index (χ0) is 17.7. The molecule has 0 spiro atoms. The van der Waals surface area contributed by atoms with E-state index in [1.807, 2.05) is 32.9 Å². The van der Waals surface area contributed by atoms with E-state index in [1.54, 1.807) is 6.07 Å². The van der Waals surface area contributed by atoms with Gasteiger partial charge in [-0.2, -0.15) is 0 Å². The Morgan fingerprint density at radius 3 is 2.12 bits per heavy atom. The van der Waals surface area contributed by atoms with Crippen molar-refractivity contribution in [3.63, 3.8) is 0 Å². The molecule has 2 aliphatic rings. The van der Waals surface area contributed by atoms with Crippen molar-refractivity contribution in [3.8, 4) is 0 Å².